The van der Waals surface area contributed by atoms with Gasteiger partial charge in [0.2, 0.25) is 5.91 Å². The van der Waals surface area contributed by atoms with Crippen molar-refractivity contribution < 1.29 is 13.2 Å². The number of carbonyl (C=O) groups is 1. The minimum atomic E-state index is -3.11. The van der Waals surface area contributed by atoms with Crippen LogP contribution in [0.15, 0.2) is 0 Å². The summed E-state index contributed by atoms with van der Waals surface area (Å²) in [6, 6.07) is -0.0185. The summed E-state index contributed by atoms with van der Waals surface area (Å²) in [5.41, 5.74) is 0. The average molecular weight is 336 g/mol. The van der Waals surface area contributed by atoms with Gasteiger partial charge in [-0.05, 0) is 31.8 Å². The van der Waals surface area contributed by atoms with E-state index in [9.17, 15) is 13.2 Å². The molecule has 0 aliphatic carbocycles. The minimum Gasteiger partial charge on any atom is -0.350 e. The second-order valence-electron chi connectivity index (χ2n) is 6.37. The lowest BCUT2D eigenvalue weighted by molar-refractivity contribution is -0.123. The summed E-state index contributed by atoms with van der Waals surface area (Å²) in [5, 5.41) is 5.67. The molecule has 3 rings (SSSR count). The molecule has 21 heavy (non-hydrogen) atoms. The van der Waals surface area contributed by atoms with Gasteiger partial charge in [0.05, 0.1) is 29.5 Å². The number of carbonyl (C=O) groups excluding carboxylic acids is 1. The molecule has 0 aromatic rings. The molecule has 0 radical (unpaired) electrons. The topological polar surface area (TPSA) is 78.5 Å². The van der Waals surface area contributed by atoms with Crippen LogP contribution in [0.2, 0.25) is 0 Å². The van der Waals surface area contributed by atoms with Crippen LogP contribution in [0, 0.1) is 5.92 Å². The lowest BCUT2D eigenvalue weighted by Crippen LogP contribution is -2.51. The predicted molar refractivity (Wildman–Crippen MR) is 81.2 cm³/mol. The van der Waals surface area contributed by atoms with Gasteiger partial charge < -0.3 is 10.6 Å². The second kappa shape index (κ2) is 6.02. The fraction of sp³-hybridized carbons (Fsp3) is 0.923. The number of fused-ring (bicyclic) bond motifs is 1. The Morgan fingerprint density at radius 2 is 2.14 bits per heavy atom. The first kappa shape index (κ1) is 15.5. The first-order valence-corrected chi connectivity index (χ1v) is 9.79. The summed E-state index contributed by atoms with van der Waals surface area (Å²) >= 11 is 6.02. The van der Waals surface area contributed by atoms with Gasteiger partial charge in [-0.25, -0.2) is 8.42 Å². The highest BCUT2D eigenvalue weighted by Gasteiger charge is 2.39. The number of nitrogens with zero attached hydrogens (tertiary/aromatic N) is 1. The molecule has 0 spiro atoms. The van der Waals surface area contributed by atoms with Gasteiger partial charge >= 0.3 is 0 Å². The number of halogens is 1. The van der Waals surface area contributed by atoms with Crippen LogP contribution < -0.4 is 10.6 Å². The van der Waals surface area contributed by atoms with Gasteiger partial charge in [0.25, 0.3) is 0 Å². The molecule has 3 aliphatic rings. The third kappa shape index (κ3) is 3.52. The standard InChI is InChI=1S/C13H22ClN3O3S/c14-10-7-21(19,20)8-11(10)16-13(18)6-17-3-1-2-9-4-15-5-12(9)17/h9-12,15H,1-8H2,(H,16,18). The molecule has 8 heteroatoms. The van der Waals surface area contributed by atoms with E-state index in [1.165, 1.54) is 6.42 Å². The molecule has 2 N–H and O–H groups in total. The first-order chi connectivity index (χ1) is 9.94. The average Bonchev–Trinajstić information content (AvgIpc) is 2.94. The molecule has 0 saturated carbocycles. The van der Waals surface area contributed by atoms with Gasteiger partial charge in [-0.2, -0.15) is 0 Å². The normalized spacial score (nSPS) is 39.1. The number of hydrogen-bond donors (Lipinski definition) is 2. The van der Waals surface area contributed by atoms with Gasteiger partial charge in [0.15, 0.2) is 9.84 Å². The maximum absolute atomic E-state index is 12.2. The number of amides is 1. The summed E-state index contributed by atoms with van der Waals surface area (Å²) in [5.74, 6) is 0.438. The summed E-state index contributed by atoms with van der Waals surface area (Å²) in [7, 11) is -3.11. The number of likely N-dealkylation sites (tertiary alicyclic amines) is 1. The predicted octanol–water partition coefficient (Wildman–Crippen LogP) is -0.809. The van der Waals surface area contributed by atoms with Crippen molar-refractivity contribution in [3.05, 3.63) is 0 Å². The van der Waals surface area contributed by atoms with Crippen molar-refractivity contribution in [2.75, 3.05) is 37.7 Å². The van der Waals surface area contributed by atoms with E-state index >= 15 is 0 Å². The van der Waals surface area contributed by atoms with Crippen LogP contribution in [-0.2, 0) is 14.6 Å². The van der Waals surface area contributed by atoms with E-state index < -0.39 is 21.3 Å². The molecule has 3 fully saturated rings. The smallest absolute Gasteiger partial charge is 0.234 e. The van der Waals surface area contributed by atoms with Gasteiger partial charge in [0, 0.05) is 12.6 Å². The van der Waals surface area contributed by atoms with Crippen molar-refractivity contribution in [1.29, 1.82) is 0 Å². The Morgan fingerprint density at radius 1 is 1.33 bits per heavy atom. The quantitative estimate of drug-likeness (QED) is 0.660. The number of rotatable bonds is 3. The van der Waals surface area contributed by atoms with Crippen molar-refractivity contribution in [1.82, 2.24) is 15.5 Å². The van der Waals surface area contributed by atoms with E-state index in [4.69, 9.17) is 11.6 Å². The molecule has 3 saturated heterocycles. The van der Waals surface area contributed by atoms with Gasteiger partial charge in [0.1, 0.15) is 0 Å². The summed E-state index contributed by atoms with van der Waals surface area (Å²) < 4.78 is 23.0. The van der Waals surface area contributed by atoms with Crippen molar-refractivity contribution >= 4 is 27.3 Å². The fourth-order valence-corrected chi connectivity index (χ4v) is 6.28. The Morgan fingerprint density at radius 3 is 2.86 bits per heavy atom. The van der Waals surface area contributed by atoms with E-state index in [1.807, 2.05) is 0 Å². The largest absolute Gasteiger partial charge is 0.350 e. The summed E-state index contributed by atoms with van der Waals surface area (Å²) in [6.45, 7) is 3.24. The zero-order valence-corrected chi connectivity index (χ0v) is 13.5. The number of alkyl halides is 1. The van der Waals surface area contributed by atoms with Crippen LogP contribution in [0.1, 0.15) is 12.8 Å². The van der Waals surface area contributed by atoms with Crippen LogP contribution in [0.25, 0.3) is 0 Å². The third-order valence-corrected chi connectivity index (χ3v) is 7.15. The Labute approximate surface area is 130 Å². The zero-order chi connectivity index (χ0) is 15.0. The second-order valence-corrected chi connectivity index (χ2v) is 9.08. The van der Waals surface area contributed by atoms with E-state index in [0.29, 0.717) is 18.5 Å². The van der Waals surface area contributed by atoms with Crippen molar-refractivity contribution in [3.63, 3.8) is 0 Å². The minimum absolute atomic E-state index is 0.0412. The molecule has 3 heterocycles. The zero-order valence-electron chi connectivity index (χ0n) is 11.9. The van der Waals surface area contributed by atoms with E-state index in [-0.39, 0.29) is 17.4 Å². The Balaban J connectivity index is 1.54. The molecular weight excluding hydrogens is 314 g/mol. The van der Waals surface area contributed by atoms with E-state index in [1.54, 1.807) is 0 Å². The first-order valence-electron chi connectivity index (χ1n) is 7.53. The molecule has 3 aliphatic heterocycles. The molecule has 4 atom stereocenters. The summed E-state index contributed by atoms with van der Waals surface area (Å²) in [6.07, 6.45) is 2.34. The van der Waals surface area contributed by atoms with Gasteiger partial charge in [-0.3, -0.25) is 9.69 Å². The number of sulfone groups is 1. The van der Waals surface area contributed by atoms with Crippen LogP contribution in [0.5, 0.6) is 0 Å². The van der Waals surface area contributed by atoms with E-state index in [2.05, 4.69) is 15.5 Å². The summed E-state index contributed by atoms with van der Waals surface area (Å²) in [4.78, 5) is 14.4. The van der Waals surface area contributed by atoms with Gasteiger partial charge in [-0.15, -0.1) is 11.6 Å². The Kier molecular flexibility index (Phi) is 4.45. The van der Waals surface area contributed by atoms with Crippen LogP contribution in [-0.4, -0.2) is 74.4 Å². The number of nitrogens with one attached hydrogen (secondary N) is 2. The SMILES string of the molecule is O=C(CN1CCCC2CNCC21)NC1CS(=O)(=O)CC1Cl. The fourth-order valence-electron chi connectivity index (χ4n) is 3.73. The van der Waals surface area contributed by atoms with Crippen LogP contribution in [0.3, 0.4) is 0 Å². The number of hydrogen-bond acceptors (Lipinski definition) is 5. The molecule has 0 bridgehead atoms. The van der Waals surface area contributed by atoms with Crippen molar-refractivity contribution in [3.8, 4) is 0 Å². The molecule has 120 valence electrons. The van der Waals surface area contributed by atoms with Crippen molar-refractivity contribution in [2.24, 2.45) is 5.92 Å². The molecule has 0 aromatic heterocycles. The maximum atomic E-state index is 12.2. The molecule has 4 unspecified atom stereocenters. The van der Waals surface area contributed by atoms with Crippen molar-refractivity contribution in [2.45, 2.75) is 30.3 Å². The number of piperidine rings is 1. The monoisotopic (exact) mass is 335 g/mol. The lowest BCUT2D eigenvalue weighted by atomic mass is 9.92. The van der Waals surface area contributed by atoms with Crippen LogP contribution >= 0.6 is 11.6 Å². The molecular formula is C13H22ClN3O3S. The molecule has 1 amide bonds. The Hall–Kier alpha value is -0.370. The molecule has 0 aromatic carbocycles. The van der Waals surface area contributed by atoms with E-state index in [0.717, 1.165) is 26.1 Å². The third-order valence-electron chi connectivity index (χ3n) is 4.77. The van der Waals surface area contributed by atoms with Crippen LogP contribution in [0.4, 0.5) is 0 Å². The Bertz CT molecular complexity index is 513. The maximum Gasteiger partial charge on any atom is 0.234 e. The van der Waals surface area contributed by atoms with Gasteiger partial charge in [-0.1, -0.05) is 0 Å². The molecule has 6 nitrogen and oxygen atoms in total. The highest BCUT2D eigenvalue weighted by molar-refractivity contribution is 7.91. The lowest BCUT2D eigenvalue weighted by Gasteiger charge is -2.36. The highest BCUT2D eigenvalue weighted by Crippen LogP contribution is 2.26. The highest BCUT2D eigenvalue weighted by atomic mass is 35.5.